The molecule has 2 atom stereocenters. The third-order valence-electron chi connectivity index (χ3n) is 4.41. The van der Waals surface area contributed by atoms with E-state index in [0.29, 0.717) is 12.2 Å². The first-order valence-electron chi connectivity index (χ1n) is 7.47. The van der Waals surface area contributed by atoms with Crippen LogP contribution in [0.15, 0.2) is 12.3 Å². The summed E-state index contributed by atoms with van der Waals surface area (Å²) in [4.78, 5) is 16.7. The van der Waals surface area contributed by atoms with Gasteiger partial charge in [0, 0.05) is 37.0 Å². The number of ether oxygens (including phenoxy) is 1. The lowest BCUT2D eigenvalue weighted by molar-refractivity contribution is -0.111. The van der Waals surface area contributed by atoms with Crippen LogP contribution in [-0.2, 0) is 4.74 Å². The highest BCUT2D eigenvalue weighted by Gasteiger charge is 2.49. The maximum Gasteiger partial charge on any atom is 0.255 e. The molecular weight excluding hydrogens is 266 g/mol. The number of rotatable bonds is 5. The van der Waals surface area contributed by atoms with Crippen LogP contribution in [0.2, 0.25) is 0 Å². The summed E-state index contributed by atoms with van der Waals surface area (Å²) in [5, 5.41) is 6.16. The molecule has 1 aliphatic rings. The molecule has 2 N–H and O–H groups in total. The smallest absolute Gasteiger partial charge is 0.255 e. The summed E-state index contributed by atoms with van der Waals surface area (Å²) in [6.07, 6.45) is 2.70. The maximum absolute atomic E-state index is 12.5. The largest absolute Gasteiger partial charge is 0.387 e. The van der Waals surface area contributed by atoms with Gasteiger partial charge in [-0.05, 0) is 26.3 Å². The van der Waals surface area contributed by atoms with Gasteiger partial charge in [-0.15, -0.1) is 0 Å². The Morgan fingerprint density at radius 3 is 2.81 bits per heavy atom. The molecule has 0 radical (unpaired) electrons. The van der Waals surface area contributed by atoms with Crippen molar-refractivity contribution in [2.45, 2.75) is 46.3 Å². The van der Waals surface area contributed by atoms with E-state index < -0.39 is 0 Å². The molecule has 1 aliphatic carbocycles. The van der Waals surface area contributed by atoms with Gasteiger partial charge in [0.05, 0.1) is 17.4 Å². The molecule has 116 valence electrons. The summed E-state index contributed by atoms with van der Waals surface area (Å²) in [7, 11) is 1.81. The van der Waals surface area contributed by atoms with Crippen molar-refractivity contribution in [3.63, 3.8) is 0 Å². The zero-order valence-electron chi connectivity index (χ0n) is 13.5. The third kappa shape index (κ3) is 3.02. The van der Waals surface area contributed by atoms with Crippen LogP contribution < -0.4 is 10.6 Å². The SMILES string of the molecule is CCOC1CC(NC(=O)c2cnc(C)cc2NC)C1(C)C. The summed E-state index contributed by atoms with van der Waals surface area (Å²) in [5.74, 6) is -0.0835. The van der Waals surface area contributed by atoms with E-state index in [1.165, 1.54) is 0 Å². The molecule has 0 saturated heterocycles. The zero-order chi connectivity index (χ0) is 15.6. The van der Waals surface area contributed by atoms with Crippen LogP contribution in [0.25, 0.3) is 0 Å². The monoisotopic (exact) mass is 291 g/mol. The Bertz CT molecular complexity index is 528. The van der Waals surface area contributed by atoms with Gasteiger partial charge in [-0.25, -0.2) is 0 Å². The molecule has 0 aliphatic heterocycles. The molecule has 0 bridgehead atoms. The Hall–Kier alpha value is -1.62. The van der Waals surface area contributed by atoms with Crippen LogP contribution in [0, 0.1) is 12.3 Å². The molecule has 0 spiro atoms. The molecule has 5 nitrogen and oxygen atoms in total. The molecule has 1 saturated carbocycles. The molecular formula is C16H25N3O2. The van der Waals surface area contributed by atoms with Crippen molar-refractivity contribution < 1.29 is 9.53 Å². The molecule has 1 aromatic heterocycles. The highest BCUT2D eigenvalue weighted by Crippen LogP contribution is 2.42. The Morgan fingerprint density at radius 2 is 2.24 bits per heavy atom. The van der Waals surface area contributed by atoms with E-state index in [2.05, 4.69) is 29.5 Å². The minimum Gasteiger partial charge on any atom is -0.387 e. The Balaban J connectivity index is 2.06. The van der Waals surface area contributed by atoms with Gasteiger partial charge >= 0.3 is 0 Å². The first-order chi connectivity index (χ1) is 9.90. The fraction of sp³-hybridized carbons (Fsp3) is 0.625. The summed E-state index contributed by atoms with van der Waals surface area (Å²) in [6, 6.07) is 2.01. The van der Waals surface area contributed by atoms with Crippen LogP contribution in [0.1, 0.15) is 43.2 Å². The lowest BCUT2D eigenvalue weighted by Crippen LogP contribution is -2.62. The highest BCUT2D eigenvalue weighted by atomic mass is 16.5. The molecule has 0 aromatic carbocycles. The average molecular weight is 291 g/mol. The van der Waals surface area contributed by atoms with E-state index in [-0.39, 0.29) is 23.5 Å². The van der Waals surface area contributed by atoms with Crippen molar-refractivity contribution >= 4 is 11.6 Å². The molecule has 5 heteroatoms. The number of anilines is 1. The number of carbonyl (C=O) groups is 1. The molecule has 2 rings (SSSR count). The fourth-order valence-corrected chi connectivity index (χ4v) is 2.80. The van der Waals surface area contributed by atoms with Crippen LogP contribution in [0.3, 0.4) is 0 Å². The molecule has 1 heterocycles. The van der Waals surface area contributed by atoms with Gasteiger partial charge in [-0.1, -0.05) is 13.8 Å². The van der Waals surface area contributed by atoms with E-state index >= 15 is 0 Å². The van der Waals surface area contributed by atoms with Gasteiger partial charge in [-0.2, -0.15) is 0 Å². The van der Waals surface area contributed by atoms with Gasteiger partial charge in [0.1, 0.15) is 0 Å². The minimum atomic E-state index is -0.0835. The van der Waals surface area contributed by atoms with Crippen LogP contribution in [0.4, 0.5) is 5.69 Å². The predicted molar refractivity (Wildman–Crippen MR) is 83.6 cm³/mol. The van der Waals surface area contributed by atoms with Gasteiger partial charge < -0.3 is 15.4 Å². The lowest BCUT2D eigenvalue weighted by atomic mass is 9.64. The van der Waals surface area contributed by atoms with Crippen molar-refractivity contribution in [1.29, 1.82) is 0 Å². The number of aromatic nitrogens is 1. The van der Waals surface area contributed by atoms with Crippen molar-refractivity contribution in [3.05, 3.63) is 23.5 Å². The maximum atomic E-state index is 12.5. The molecule has 2 unspecified atom stereocenters. The van der Waals surface area contributed by atoms with Gasteiger partial charge in [0.15, 0.2) is 0 Å². The lowest BCUT2D eigenvalue weighted by Gasteiger charge is -2.51. The summed E-state index contributed by atoms with van der Waals surface area (Å²) >= 11 is 0. The number of hydrogen-bond donors (Lipinski definition) is 2. The first kappa shape index (κ1) is 15.8. The molecule has 1 amide bonds. The van der Waals surface area contributed by atoms with E-state index in [4.69, 9.17) is 4.74 Å². The molecule has 21 heavy (non-hydrogen) atoms. The highest BCUT2D eigenvalue weighted by molar-refractivity contribution is 5.99. The number of hydrogen-bond acceptors (Lipinski definition) is 4. The van der Waals surface area contributed by atoms with E-state index in [1.807, 2.05) is 27.0 Å². The number of nitrogens with one attached hydrogen (secondary N) is 2. The fourth-order valence-electron chi connectivity index (χ4n) is 2.80. The summed E-state index contributed by atoms with van der Waals surface area (Å²) < 4.78 is 5.70. The second kappa shape index (κ2) is 6.02. The zero-order valence-corrected chi connectivity index (χ0v) is 13.5. The second-order valence-electron chi connectivity index (χ2n) is 6.15. The Morgan fingerprint density at radius 1 is 1.52 bits per heavy atom. The Labute approximate surface area is 126 Å². The van der Waals surface area contributed by atoms with Gasteiger partial charge in [0.2, 0.25) is 0 Å². The van der Waals surface area contributed by atoms with E-state index in [1.54, 1.807) is 6.20 Å². The number of aryl methyl sites for hydroxylation is 1. The van der Waals surface area contributed by atoms with Crippen LogP contribution >= 0.6 is 0 Å². The number of pyridine rings is 1. The topological polar surface area (TPSA) is 63.2 Å². The normalized spacial score (nSPS) is 23.3. The quantitative estimate of drug-likeness (QED) is 0.874. The third-order valence-corrected chi connectivity index (χ3v) is 4.41. The van der Waals surface area contributed by atoms with E-state index in [0.717, 1.165) is 17.8 Å². The number of nitrogens with zero attached hydrogens (tertiary/aromatic N) is 1. The summed E-state index contributed by atoms with van der Waals surface area (Å²) in [6.45, 7) is 8.88. The van der Waals surface area contributed by atoms with Crippen LogP contribution in [-0.4, -0.2) is 36.7 Å². The van der Waals surface area contributed by atoms with Gasteiger partial charge in [-0.3, -0.25) is 9.78 Å². The predicted octanol–water partition coefficient (Wildman–Crippen LogP) is 2.37. The molecule has 1 aromatic rings. The standard InChI is InChI=1S/C16H25N3O2/c1-6-21-14-8-13(16(14,3)4)19-15(20)11-9-18-10(2)7-12(11)17-5/h7,9,13-14H,6,8H2,1-5H3,(H,17,18)(H,19,20). The van der Waals surface area contributed by atoms with Crippen molar-refractivity contribution in [2.24, 2.45) is 5.41 Å². The number of carbonyl (C=O) groups excluding carboxylic acids is 1. The van der Waals surface area contributed by atoms with Crippen molar-refractivity contribution in [1.82, 2.24) is 10.3 Å². The number of amides is 1. The van der Waals surface area contributed by atoms with Crippen molar-refractivity contribution in [2.75, 3.05) is 19.0 Å². The van der Waals surface area contributed by atoms with E-state index in [9.17, 15) is 4.79 Å². The van der Waals surface area contributed by atoms with Crippen LogP contribution in [0.5, 0.6) is 0 Å². The minimum absolute atomic E-state index is 0.0381. The first-order valence-corrected chi connectivity index (χ1v) is 7.47. The van der Waals surface area contributed by atoms with Crippen molar-refractivity contribution in [3.8, 4) is 0 Å². The second-order valence-corrected chi connectivity index (χ2v) is 6.15. The summed E-state index contributed by atoms with van der Waals surface area (Å²) in [5.41, 5.74) is 2.23. The molecule has 1 fully saturated rings. The average Bonchev–Trinajstić information content (AvgIpc) is 2.45. The Kier molecular flexibility index (Phi) is 4.52. The van der Waals surface area contributed by atoms with Gasteiger partial charge in [0.25, 0.3) is 5.91 Å².